The number of nitrogens with zero attached hydrogens (tertiary/aromatic N) is 10. The van der Waals surface area contributed by atoms with Gasteiger partial charge in [-0.2, -0.15) is 5.21 Å². The molecule has 1 unspecified atom stereocenters. The first-order chi connectivity index (χ1) is 18.1. The summed E-state index contributed by atoms with van der Waals surface area (Å²) in [6.45, 7) is 6.63. The molecule has 0 saturated carbocycles. The van der Waals surface area contributed by atoms with Gasteiger partial charge in [0.25, 0.3) is 5.95 Å². The SMILES string of the molecule is CCCCc1cn(-c2nnnn2C(C)CC)c(=O)n1Cc1ccc(-c2ccccc2-c2nn[nH]n2)nc1. The van der Waals surface area contributed by atoms with E-state index in [1.807, 2.05) is 49.5 Å². The third-order valence-corrected chi connectivity index (χ3v) is 6.50. The fraction of sp³-hybridized carbons (Fsp3) is 0.360. The number of imidazole rings is 1. The Bertz CT molecular complexity index is 1510. The van der Waals surface area contributed by atoms with Crippen molar-refractivity contribution in [2.24, 2.45) is 0 Å². The topological polar surface area (TPSA) is 138 Å². The number of aromatic nitrogens is 11. The van der Waals surface area contributed by atoms with Gasteiger partial charge in [0.1, 0.15) is 0 Å². The molecule has 4 heterocycles. The minimum Gasteiger partial charge on any atom is -0.291 e. The third-order valence-electron chi connectivity index (χ3n) is 6.50. The molecule has 1 N–H and O–H groups in total. The lowest BCUT2D eigenvalue weighted by Gasteiger charge is -2.10. The maximum absolute atomic E-state index is 13.6. The van der Waals surface area contributed by atoms with E-state index in [4.69, 9.17) is 4.98 Å². The molecule has 1 atom stereocenters. The lowest BCUT2D eigenvalue weighted by Crippen LogP contribution is -2.27. The quantitative estimate of drug-likeness (QED) is 0.309. The lowest BCUT2D eigenvalue weighted by molar-refractivity contribution is 0.456. The summed E-state index contributed by atoms with van der Waals surface area (Å²) in [4.78, 5) is 18.3. The van der Waals surface area contributed by atoms with Gasteiger partial charge in [0.05, 0.1) is 18.3 Å². The number of aryl methyl sites for hydroxylation is 1. The van der Waals surface area contributed by atoms with Gasteiger partial charge in [0.2, 0.25) is 5.82 Å². The van der Waals surface area contributed by atoms with E-state index in [9.17, 15) is 4.79 Å². The van der Waals surface area contributed by atoms with E-state index in [0.717, 1.165) is 53.8 Å². The number of rotatable bonds is 10. The average Bonchev–Trinajstić information content (AvgIpc) is 3.69. The van der Waals surface area contributed by atoms with Crippen LogP contribution in [0.1, 0.15) is 57.3 Å². The molecule has 5 rings (SSSR count). The van der Waals surface area contributed by atoms with Crippen LogP contribution in [0.2, 0.25) is 0 Å². The fourth-order valence-corrected chi connectivity index (χ4v) is 4.24. The number of hydrogen-bond donors (Lipinski definition) is 1. The first kappa shape index (κ1) is 24.2. The van der Waals surface area contributed by atoms with Crippen molar-refractivity contribution in [1.82, 2.24) is 54.9 Å². The van der Waals surface area contributed by atoms with Crippen LogP contribution in [-0.2, 0) is 13.0 Å². The molecule has 37 heavy (non-hydrogen) atoms. The lowest BCUT2D eigenvalue weighted by atomic mass is 10.0. The van der Waals surface area contributed by atoms with Gasteiger partial charge in [0.15, 0.2) is 0 Å². The van der Waals surface area contributed by atoms with Gasteiger partial charge in [-0.25, -0.2) is 14.0 Å². The van der Waals surface area contributed by atoms with Gasteiger partial charge in [-0.3, -0.25) is 9.55 Å². The summed E-state index contributed by atoms with van der Waals surface area (Å²) < 4.78 is 5.04. The zero-order valence-corrected chi connectivity index (χ0v) is 21.1. The van der Waals surface area contributed by atoms with Crippen LogP contribution in [0.15, 0.2) is 53.6 Å². The Labute approximate surface area is 213 Å². The molecule has 0 aliphatic rings. The molecule has 0 radical (unpaired) electrons. The van der Waals surface area contributed by atoms with Gasteiger partial charge in [-0.05, 0) is 53.5 Å². The fourth-order valence-electron chi connectivity index (χ4n) is 4.24. The monoisotopic (exact) mass is 499 g/mol. The van der Waals surface area contributed by atoms with Crippen LogP contribution in [-0.4, -0.2) is 54.9 Å². The van der Waals surface area contributed by atoms with Crippen molar-refractivity contribution >= 4 is 0 Å². The molecule has 12 nitrogen and oxygen atoms in total. The molecule has 5 aromatic rings. The molecular formula is C25H29N11O. The number of benzene rings is 1. The van der Waals surface area contributed by atoms with Crippen molar-refractivity contribution in [3.8, 4) is 28.6 Å². The van der Waals surface area contributed by atoms with Crippen LogP contribution >= 0.6 is 0 Å². The Morgan fingerprint density at radius 2 is 1.89 bits per heavy atom. The van der Waals surface area contributed by atoms with E-state index < -0.39 is 0 Å². The van der Waals surface area contributed by atoms with Crippen molar-refractivity contribution in [2.75, 3.05) is 0 Å². The standard InChI is InChI=1S/C25H29N11O/c1-4-6-9-19-16-35(24-29-32-33-36(24)17(3)5-2)25(37)34(19)15-18-12-13-22(26-14-18)20-10-7-8-11-21(20)23-27-30-31-28-23/h7-8,10-14,16-17H,4-6,9,15H2,1-3H3,(H,27,28,30,31). The maximum atomic E-state index is 13.6. The second kappa shape index (κ2) is 10.6. The Kier molecular flexibility index (Phi) is 6.97. The minimum absolute atomic E-state index is 0.0754. The van der Waals surface area contributed by atoms with Gasteiger partial charge in [-0.1, -0.05) is 55.7 Å². The van der Waals surface area contributed by atoms with Gasteiger partial charge in [0, 0.05) is 29.2 Å². The predicted octanol–water partition coefficient (Wildman–Crippen LogP) is 3.23. The maximum Gasteiger partial charge on any atom is 0.335 e. The van der Waals surface area contributed by atoms with Gasteiger partial charge >= 0.3 is 5.69 Å². The second-order valence-corrected chi connectivity index (χ2v) is 8.98. The summed E-state index contributed by atoms with van der Waals surface area (Å²) in [6.07, 6.45) is 7.31. The van der Waals surface area contributed by atoms with Crippen molar-refractivity contribution < 1.29 is 0 Å². The highest BCUT2D eigenvalue weighted by Gasteiger charge is 2.20. The summed E-state index contributed by atoms with van der Waals surface area (Å²) in [5.41, 5.74) is 4.21. The van der Waals surface area contributed by atoms with Crippen molar-refractivity contribution in [2.45, 2.75) is 59.0 Å². The molecule has 4 aromatic heterocycles. The number of H-pyrrole nitrogens is 1. The molecular weight excluding hydrogens is 470 g/mol. The summed E-state index contributed by atoms with van der Waals surface area (Å²) in [6, 6.07) is 11.8. The van der Waals surface area contributed by atoms with Gasteiger partial charge < -0.3 is 0 Å². The highest BCUT2D eigenvalue weighted by molar-refractivity contribution is 5.78. The summed E-state index contributed by atoms with van der Waals surface area (Å²) in [7, 11) is 0. The number of pyridine rings is 1. The van der Waals surface area contributed by atoms with Crippen LogP contribution < -0.4 is 5.69 Å². The Hall–Kier alpha value is -4.48. The van der Waals surface area contributed by atoms with Crippen LogP contribution in [0.5, 0.6) is 0 Å². The Balaban J connectivity index is 1.47. The number of tetrazole rings is 2. The van der Waals surface area contributed by atoms with E-state index >= 15 is 0 Å². The van der Waals surface area contributed by atoms with E-state index in [1.165, 1.54) is 0 Å². The normalized spacial score (nSPS) is 12.2. The minimum atomic E-state index is -0.169. The molecule has 190 valence electrons. The average molecular weight is 500 g/mol. The van der Waals surface area contributed by atoms with Crippen molar-refractivity contribution in [3.63, 3.8) is 0 Å². The smallest absolute Gasteiger partial charge is 0.291 e. The zero-order chi connectivity index (χ0) is 25.8. The molecule has 1 aromatic carbocycles. The number of aromatic amines is 1. The second-order valence-electron chi connectivity index (χ2n) is 8.98. The zero-order valence-electron chi connectivity index (χ0n) is 21.1. The molecule has 0 amide bonds. The van der Waals surface area contributed by atoms with E-state index in [-0.39, 0.29) is 11.7 Å². The van der Waals surface area contributed by atoms with E-state index in [2.05, 4.69) is 50.0 Å². The van der Waals surface area contributed by atoms with Crippen LogP contribution in [0.3, 0.4) is 0 Å². The molecule has 0 fully saturated rings. The van der Waals surface area contributed by atoms with E-state index in [1.54, 1.807) is 20.0 Å². The summed E-state index contributed by atoms with van der Waals surface area (Å²) >= 11 is 0. The molecule has 12 heteroatoms. The first-order valence-corrected chi connectivity index (χ1v) is 12.5. The molecule has 0 saturated heterocycles. The number of unbranched alkanes of at least 4 members (excludes halogenated alkanes) is 1. The third kappa shape index (κ3) is 4.82. The predicted molar refractivity (Wildman–Crippen MR) is 137 cm³/mol. The van der Waals surface area contributed by atoms with E-state index in [0.29, 0.717) is 18.3 Å². The first-order valence-electron chi connectivity index (χ1n) is 12.5. The summed E-state index contributed by atoms with van der Waals surface area (Å²) in [5.74, 6) is 0.942. The highest BCUT2D eigenvalue weighted by atomic mass is 16.2. The molecule has 0 aliphatic heterocycles. The Morgan fingerprint density at radius 3 is 2.59 bits per heavy atom. The van der Waals surface area contributed by atoms with Crippen LogP contribution in [0.25, 0.3) is 28.6 Å². The summed E-state index contributed by atoms with van der Waals surface area (Å²) in [5, 5.41) is 26.5. The van der Waals surface area contributed by atoms with Crippen LogP contribution in [0.4, 0.5) is 0 Å². The molecule has 0 aliphatic carbocycles. The van der Waals surface area contributed by atoms with Gasteiger partial charge in [-0.15, -0.1) is 10.2 Å². The Morgan fingerprint density at radius 1 is 1.05 bits per heavy atom. The number of hydrogen-bond acceptors (Lipinski definition) is 8. The largest absolute Gasteiger partial charge is 0.335 e. The van der Waals surface area contributed by atoms with Crippen LogP contribution in [0, 0.1) is 0 Å². The molecule has 0 bridgehead atoms. The number of nitrogens with one attached hydrogen (secondary N) is 1. The highest BCUT2D eigenvalue weighted by Crippen LogP contribution is 2.28. The molecule has 0 spiro atoms. The van der Waals surface area contributed by atoms with Crippen molar-refractivity contribution in [1.29, 1.82) is 0 Å². The van der Waals surface area contributed by atoms with Crippen molar-refractivity contribution in [3.05, 3.63) is 70.5 Å².